The monoisotopic (exact) mass is 307 g/mol. The zero-order valence-corrected chi connectivity index (χ0v) is 13.4. The van der Waals surface area contributed by atoms with Gasteiger partial charge >= 0.3 is 0 Å². The first-order chi connectivity index (χ1) is 11.1. The summed E-state index contributed by atoms with van der Waals surface area (Å²) < 4.78 is 0. The molecule has 118 valence electrons. The summed E-state index contributed by atoms with van der Waals surface area (Å²) in [4.78, 5) is 26.1. The van der Waals surface area contributed by atoms with Crippen molar-refractivity contribution in [2.45, 2.75) is 26.2 Å². The maximum absolute atomic E-state index is 12.5. The van der Waals surface area contributed by atoms with Gasteiger partial charge in [0.25, 0.3) is 0 Å². The topological polar surface area (TPSA) is 37.4 Å². The van der Waals surface area contributed by atoms with Crippen LogP contribution in [0.5, 0.6) is 0 Å². The normalized spacial score (nSPS) is 17.8. The van der Waals surface area contributed by atoms with Crippen molar-refractivity contribution in [1.29, 1.82) is 0 Å². The fraction of sp³-hybridized carbons (Fsp3) is 0.300. The molecule has 1 atom stereocenters. The van der Waals surface area contributed by atoms with Crippen molar-refractivity contribution >= 4 is 11.8 Å². The Morgan fingerprint density at radius 3 is 2.35 bits per heavy atom. The van der Waals surface area contributed by atoms with E-state index in [2.05, 4.69) is 0 Å². The SMILES string of the molecule is Cc1ccc(CC2CC(=O)N(CCc3ccccc3)C2=O)cc1. The molecule has 1 fully saturated rings. The fourth-order valence-electron chi connectivity index (χ4n) is 3.04. The number of amides is 2. The lowest BCUT2D eigenvalue weighted by Crippen LogP contribution is -2.33. The average Bonchev–Trinajstić information content (AvgIpc) is 2.82. The van der Waals surface area contributed by atoms with E-state index in [-0.39, 0.29) is 17.7 Å². The van der Waals surface area contributed by atoms with Crippen LogP contribution < -0.4 is 0 Å². The van der Waals surface area contributed by atoms with E-state index in [0.29, 0.717) is 19.4 Å². The van der Waals surface area contributed by atoms with E-state index in [1.165, 1.54) is 10.5 Å². The molecule has 1 saturated heterocycles. The number of benzene rings is 2. The van der Waals surface area contributed by atoms with Crippen LogP contribution in [-0.4, -0.2) is 23.3 Å². The Morgan fingerprint density at radius 2 is 1.65 bits per heavy atom. The van der Waals surface area contributed by atoms with Crippen LogP contribution >= 0.6 is 0 Å². The second-order valence-corrected chi connectivity index (χ2v) is 6.21. The molecule has 2 amide bonds. The molecular weight excluding hydrogens is 286 g/mol. The molecule has 0 aromatic heterocycles. The largest absolute Gasteiger partial charge is 0.282 e. The Hall–Kier alpha value is -2.42. The molecule has 1 heterocycles. The lowest BCUT2D eigenvalue weighted by atomic mass is 9.97. The van der Waals surface area contributed by atoms with Crippen LogP contribution in [0.4, 0.5) is 0 Å². The smallest absolute Gasteiger partial charge is 0.233 e. The van der Waals surface area contributed by atoms with Crippen molar-refractivity contribution < 1.29 is 9.59 Å². The molecule has 3 heteroatoms. The quantitative estimate of drug-likeness (QED) is 0.796. The van der Waals surface area contributed by atoms with E-state index in [1.54, 1.807) is 0 Å². The Kier molecular flexibility index (Phi) is 4.56. The lowest BCUT2D eigenvalue weighted by Gasteiger charge is -2.15. The Bertz CT molecular complexity index is 691. The second kappa shape index (κ2) is 6.78. The van der Waals surface area contributed by atoms with Gasteiger partial charge in [0.2, 0.25) is 11.8 Å². The van der Waals surface area contributed by atoms with Crippen LogP contribution in [0.3, 0.4) is 0 Å². The molecule has 1 aliphatic heterocycles. The molecule has 0 radical (unpaired) electrons. The van der Waals surface area contributed by atoms with Gasteiger partial charge in [0.05, 0.1) is 5.92 Å². The van der Waals surface area contributed by atoms with Gasteiger partial charge in [0, 0.05) is 13.0 Å². The Balaban J connectivity index is 1.61. The lowest BCUT2D eigenvalue weighted by molar-refractivity contribution is -0.139. The molecule has 0 spiro atoms. The number of aryl methyl sites for hydroxylation is 1. The first-order valence-electron chi connectivity index (χ1n) is 8.07. The van der Waals surface area contributed by atoms with Crippen molar-refractivity contribution in [1.82, 2.24) is 4.90 Å². The minimum atomic E-state index is -0.207. The van der Waals surface area contributed by atoms with E-state index in [4.69, 9.17) is 0 Å². The number of carbonyl (C=O) groups excluding carboxylic acids is 2. The predicted molar refractivity (Wildman–Crippen MR) is 89.9 cm³/mol. The van der Waals surface area contributed by atoms with Crippen LogP contribution in [0.1, 0.15) is 23.1 Å². The highest BCUT2D eigenvalue weighted by Gasteiger charge is 2.37. The molecule has 0 N–H and O–H groups in total. The minimum absolute atomic E-state index is 0.0218. The van der Waals surface area contributed by atoms with Crippen LogP contribution in [0.15, 0.2) is 54.6 Å². The number of likely N-dealkylation sites (tertiary alicyclic amines) is 1. The molecular formula is C20H21NO2. The summed E-state index contributed by atoms with van der Waals surface area (Å²) in [7, 11) is 0. The van der Waals surface area contributed by atoms with Crippen molar-refractivity contribution in [3.8, 4) is 0 Å². The summed E-state index contributed by atoms with van der Waals surface area (Å²) in [5.41, 5.74) is 3.47. The molecule has 2 aromatic carbocycles. The predicted octanol–water partition coefficient (Wildman–Crippen LogP) is 3.16. The first-order valence-corrected chi connectivity index (χ1v) is 8.07. The molecule has 0 bridgehead atoms. The van der Waals surface area contributed by atoms with Gasteiger partial charge in [-0.05, 0) is 30.9 Å². The number of carbonyl (C=O) groups is 2. The zero-order chi connectivity index (χ0) is 16.2. The molecule has 1 unspecified atom stereocenters. The maximum atomic E-state index is 12.5. The third kappa shape index (κ3) is 3.67. The molecule has 0 saturated carbocycles. The van der Waals surface area contributed by atoms with Gasteiger partial charge in [0.1, 0.15) is 0 Å². The van der Waals surface area contributed by atoms with Gasteiger partial charge in [-0.3, -0.25) is 14.5 Å². The van der Waals surface area contributed by atoms with E-state index in [0.717, 1.165) is 17.5 Å². The third-order valence-corrected chi connectivity index (χ3v) is 4.41. The van der Waals surface area contributed by atoms with E-state index in [9.17, 15) is 9.59 Å². The van der Waals surface area contributed by atoms with Crippen molar-refractivity contribution in [2.24, 2.45) is 5.92 Å². The number of hydrogen-bond donors (Lipinski definition) is 0. The minimum Gasteiger partial charge on any atom is -0.282 e. The number of rotatable bonds is 5. The first kappa shape index (κ1) is 15.5. The Labute approximate surface area is 136 Å². The maximum Gasteiger partial charge on any atom is 0.233 e. The molecule has 3 nitrogen and oxygen atoms in total. The molecule has 23 heavy (non-hydrogen) atoms. The summed E-state index contributed by atoms with van der Waals surface area (Å²) >= 11 is 0. The molecule has 1 aliphatic rings. The van der Waals surface area contributed by atoms with Gasteiger partial charge in [-0.2, -0.15) is 0 Å². The highest BCUT2D eigenvalue weighted by Crippen LogP contribution is 2.24. The molecule has 2 aromatic rings. The third-order valence-electron chi connectivity index (χ3n) is 4.41. The van der Waals surface area contributed by atoms with Crippen LogP contribution in [0.25, 0.3) is 0 Å². The second-order valence-electron chi connectivity index (χ2n) is 6.21. The number of imide groups is 1. The van der Waals surface area contributed by atoms with Crippen molar-refractivity contribution in [3.05, 3.63) is 71.3 Å². The van der Waals surface area contributed by atoms with Crippen molar-refractivity contribution in [3.63, 3.8) is 0 Å². The van der Waals surface area contributed by atoms with Gasteiger partial charge in [-0.15, -0.1) is 0 Å². The fourth-order valence-corrected chi connectivity index (χ4v) is 3.04. The number of hydrogen-bond acceptors (Lipinski definition) is 2. The summed E-state index contributed by atoms with van der Waals surface area (Å²) in [6, 6.07) is 18.1. The Morgan fingerprint density at radius 1 is 0.957 bits per heavy atom. The van der Waals surface area contributed by atoms with Gasteiger partial charge in [-0.25, -0.2) is 0 Å². The van der Waals surface area contributed by atoms with E-state index < -0.39 is 0 Å². The summed E-state index contributed by atoms with van der Waals surface area (Å²) in [6.07, 6.45) is 1.70. The average molecular weight is 307 g/mol. The van der Waals surface area contributed by atoms with Gasteiger partial charge in [-0.1, -0.05) is 60.2 Å². The zero-order valence-electron chi connectivity index (χ0n) is 13.4. The summed E-state index contributed by atoms with van der Waals surface area (Å²) in [5, 5.41) is 0. The van der Waals surface area contributed by atoms with E-state index >= 15 is 0 Å². The standard InChI is InChI=1S/C20H21NO2/c1-15-7-9-17(10-8-15)13-18-14-19(22)21(20(18)23)12-11-16-5-3-2-4-6-16/h2-10,18H,11-14H2,1H3. The van der Waals surface area contributed by atoms with Crippen LogP contribution in [0, 0.1) is 12.8 Å². The van der Waals surface area contributed by atoms with Crippen LogP contribution in [0.2, 0.25) is 0 Å². The van der Waals surface area contributed by atoms with Gasteiger partial charge in [0.15, 0.2) is 0 Å². The highest BCUT2D eigenvalue weighted by atomic mass is 16.2. The van der Waals surface area contributed by atoms with E-state index in [1.807, 2.05) is 61.5 Å². The van der Waals surface area contributed by atoms with Crippen molar-refractivity contribution in [2.75, 3.05) is 6.54 Å². The molecule has 0 aliphatic carbocycles. The highest BCUT2D eigenvalue weighted by molar-refractivity contribution is 6.03. The summed E-state index contributed by atoms with van der Waals surface area (Å²) in [5.74, 6) is -0.268. The van der Waals surface area contributed by atoms with Gasteiger partial charge < -0.3 is 0 Å². The van der Waals surface area contributed by atoms with Crippen LogP contribution in [-0.2, 0) is 22.4 Å². The summed E-state index contributed by atoms with van der Waals surface area (Å²) in [6.45, 7) is 2.52. The number of nitrogens with zero attached hydrogens (tertiary/aromatic N) is 1. The molecule has 3 rings (SSSR count).